The zero-order valence-corrected chi connectivity index (χ0v) is 15.6. The van der Waals surface area contributed by atoms with Gasteiger partial charge in [0.05, 0.1) is 12.8 Å². The second-order valence-corrected chi connectivity index (χ2v) is 7.52. The molecule has 0 amide bonds. The second kappa shape index (κ2) is 6.56. The molecule has 2 N–H and O–H groups in total. The van der Waals surface area contributed by atoms with Gasteiger partial charge in [0.15, 0.2) is 5.78 Å². The normalized spacial score (nSPS) is 28.1. The number of fused-ring (bicyclic) bond motifs is 5. The summed E-state index contributed by atoms with van der Waals surface area (Å²) in [6, 6.07) is 6.11. The molecule has 0 saturated carbocycles. The van der Waals surface area contributed by atoms with E-state index in [1.54, 1.807) is 7.11 Å². The van der Waals surface area contributed by atoms with E-state index in [1.807, 2.05) is 25.1 Å². The van der Waals surface area contributed by atoms with E-state index in [2.05, 4.69) is 23.0 Å². The van der Waals surface area contributed by atoms with E-state index in [4.69, 9.17) is 4.74 Å². The zero-order valence-electron chi connectivity index (χ0n) is 15.6. The lowest BCUT2D eigenvalue weighted by Crippen LogP contribution is -2.52. The number of benzene rings is 1. The van der Waals surface area contributed by atoms with Gasteiger partial charge in [0, 0.05) is 42.4 Å². The number of aliphatic hydroxyl groups is 1. The maximum atomic E-state index is 13.1. The highest BCUT2D eigenvalue weighted by Crippen LogP contribution is 2.41. The Bertz CT molecular complexity index is 883. The number of aromatic amines is 1. The Hall–Kier alpha value is -2.11. The van der Waals surface area contributed by atoms with Gasteiger partial charge >= 0.3 is 0 Å². The Kier molecular flexibility index (Phi) is 4.37. The summed E-state index contributed by atoms with van der Waals surface area (Å²) in [5.41, 5.74) is 4.01. The lowest BCUT2D eigenvalue weighted by molar-refractivity contribution is 0.0518. The average Bonchev–Trinajstić information content (AvgIpc) is 3.00. The van der Waals surface area contributed by atoms with Crippen LogP contribution in [0.4, 0.5) is 0 Å². The minimum atomic E-state index is 0.0765. The molecule has 2 aliphatic rings. The predicted octanol–water partition coefficient (Wildman–Crippen LogP) is 2.79. The lowest BCUT2D eigenvalue weighted by Gasteiger charge is -2.46. The van der Waals surface area contributed by atoms with E-state index in [0.717, 1.165) is 40.9 Å². The van der Waals surface area contributed by atoms with Gasteiger partial charge in [0.1, 0.15) is 5.75 Å². The van der Waals surface area contributed by atoms with Crippen molar-refractivity contribution in [2.45, 2.75) is 25.8 Å². The van der Waals surface area contributed by atoms with Crippen molar-refractivity contribution in [3.63, 3.8) is 0 Å². The number of allylic oxidation sites excluding steroid dienone is 1. The second-order valence-electron chi connectivity index (χ2n) is 7.52. The molecule has 1 unspecified atom stereocenters. The number of ketones is 1. The summed E-state index contributed by atoms with van der Waals surface area (Å²) >= 11 is 0. The molecule has 2 heterocycles. The van der Waals surface area contributed by atoms with Crippen LogP contribution in [0, 0.1) is 11.8 Å². The van der Waals surface area contributed by atoms with E-state index < -0.39 is 0 Å². The van der Waals surface area contributed by atoms with Gasteiger partial charge in [-0.25, -0.2) is 0 Å². The number of Topliss-reactive ketones (excluding diaryl/α,β-unsaturated/α-hetero) is 1. The Labute approximate surface area is 153 Å². The third-order valence-electron chi connectivity index (χ3n) is 6.28. The molecule has 1 fully saturated rings. The molecule has 0 radical (unpaired) electrons. The van der Waals surface area contributed by atoms with Crippen LogP contribution in [0.2, 0.25) is 0 Å². The van der Waals surface area contributed by atoms with Crippen molar-refractivity contribution in [2.24, 2.45) is 11.8 Å². The van der Waals surface area contributed by atoms with E-state index in [-0.39, 0.29) is 30.3 Å². The lowest BCUT2D eigenvalue weighted by atomic mass is 9.71. The van der Waals surface area contributed by atoms with Gasteiger partial charge in [-0.1, -0.05) is 11.6 Å². The smallest absolute Gasteiger partial charge is 0.179 e. The van der Waals surface area contributed by atoms with Gasteiger partial charge in [-0.05, 0) is 50.1 Å². The fraction of sp³-hybridized carbons (Fsp3) is 0.476. The van der Waals surface area contributed by atoms with Gasteiger partial charge in [0.25, 0.3) is 0 Å². The van der Waals surface area contributed by atoms with Crippen molar-refractivity contribution in [2.75, 3.05) is 27.3 Å². The number of hydrogen-bond donors (Lipinski definition) is 2. The van der Waals surface area contributed by atoms with E-state index in [1.165, 1.54) is 5.57 Å². The Morgan fingerprint density at radius 2 is 2.19 bits per heavy atom. The SMILES string of the molecule is C/C=C1/CN(C)[C@H]2Cc3c([nH]c4ccc(OC)cc34)C(=O)C[C@@H]1C2CO. The van der Waals surface area contributed by atoms with Crippen LogP contribution in [-0.2, 0) is 6.42 Å². The molecule has 26 heavy (non-hydrogen) atoms. The molecular formula is C21H26N2O3. The monoisotopic (exact) mass is 354 g/mol. The summed E-state index contributed by atoms with van der Waals surface area (Å²) in [6.45, 7) is 2.99. The minimum absolute atomic E-state index is 0.0765. The maximum Gasteiger partial charge on any atom is 0.179 e. The summed E-state index contributed by atoms with van der Waals surface area (Å²) < 4.78 is 5.38. The first kappa shape index (κ1) is 17.3. The highest BCUT2D eigenvalue weighted by atomic mass is 16.5. The summed E-state index contributed by atoms with van der Waals surface area (Å²) in [4.78, 5) is 18.8. The highest BCUT2D eigenvalue weighted by molar-refractivity contribution is 6.03. The van der Waals surface area contributed by atoms with E-state index in [9.17, 15) is 9.90 Å². The number of hydrogen-bond acceptors (Lipinski definition) is 4. The Balaban J connectivity index is 1.89. The topological polar surface area (TPSA) is 65.6 Å². The molecule has 3 atom stereocenters. The number of H-pyrrole nitrogens is 1. The molecule has 1 aliphatic carbocycles. The molecule has 2 aromatic rings. The number of methoxy groups -OCH3 is 1. The predicted molar refractivity (Wildman–Crippen MR) is 102 cm³/mol. The van der Waals surface area contributed by atoms with Crippen LogP contribution < -0.4 is 4.74 Å². The van der Waals surface area contributed by atoms with Gasteiger partial charge in [-0.3, -0.25) is 9.69 Å². The number of rotatable bonds is 2. The average molecular weight is 354 g/mol. The first-order chi connectivity index (χ1) is 12.6. The first-order valence-electron chi connectivity index (χ1n) is 9.25. The molecular weight excluding hydrogens is 328 g/mol. The molecule has 2 bridgehead atoms. The number of likely N-dealkylation sites (tertiary alicyclic amines) is 1. The Morgan fingerprint density at radius 3 is 2.88 bits per heavy atom. The molecule has 0 spiro atoms. The van der Waals surface area contributed by atoms with Crippen LogP contribution in [0.1, 0.15) is 29.4 Å². The van der Waals surface area contributed by atoms with Crippen LogP contribution in [0.5, 0.6) is 5.75 Å². The third kappa shape index (κ3) is 2.58. The quantitative estimate of drug-likeness (QED) is 0.814. The molecule has 5 heteroatoms. The van der Waals surface area contributed by atoms with Crippen LogP contribution in [0.3, 0.4) is 0 Å². The van der Waals surface area contributed by atoms with Crippen LogP contribution in [0.15, 0.2) is 29.8 Å². The van der Waals surface area contributed by atoms with Crippen molar-refractivity contribution >= 4 is 16.7 Å². The van der Waals surface area contributed by atoms with Gasteiger partial charge in [-0.15, -0.1) is 0 Å². The fourth-order valence-corrected chi connectivity index (χ4v) is 4.85. The fourth-order valence-electron chi connectivity index (χ4n) is 4.85. The zero-order chi connectivity index (χ0) is 18.4. The summed E-state index contributed by atoms with van der Waals surface area (Å²) in [5.74, 6) is 1.12. The number of nitrogens with zero attached hydrogens (tertiary/aromatic N) is 1. The molecule has 1 aromatic carbocycles. The van der Waals surface area contributed by atoms with Crippen molar-refractivity contribution in [1.82, 2.24) is 9.88 Å². The number of aliphatic hydroxyl groups excluding tert-OH is 1. The van der Waals surface area contributed by atoms with E-state index in [0.29, 0.717) is 6.42 Å². The van der Waals surface area contributed by atoms with Crippen molar-refractivity contribution < 1.29 is 14.6 Å². The largest absolute Gasteiger partial charge is 0.497 e. The summed E-state index contributed by atoms with van der Waals surface area (Å²) in [6.07, 6.45) is 3.32. The molecule has 5 nitrogen and oxygen atoms in total. The van der Waals surface area contributed by atoms with Crippen LogP contribution >= 0.6 is 0 Å². The van der Waals surface area contributed by atoms with Crippen LogP contribution in [0.25, 0.3) is 10.9 Å². The third-order valence-corrected chi connectivity index (χ3v) is 6.28. The molecule has 1 aromatic heterocycles. The number of nitrogens with one attached hydrogen (secondary N) is 1. The van der Waals surface area contributed by atoms with Crippen molar-refractivity contribution in [1.29, 1.82) is 0 Å². The van der Waals surface area contributed by atoms with Gasteiger partial charge in [-0.2, -0.15) is 0 Å². The first-order valence-corrected chi connectivity index (χ1v) is 9.25. The number of carbonyl (C=O) groups is 1. The van der Waals surface area contributed by atoms with Crippen LogP contribution in [-0.4, -0.2) is 54.1 Å². The van der Waals surface area contributed by atoms with Crippen molar-refractivity contribution in [3.8, 4) is 5.75 Å². The number of ether oxygens (including phenoxy) is 1. The van der Waals surface area contributed by atoms with E-state index >= 15 is 0 Å². The summed E-state index contributed by atoms with van der Waals surface area (Å²) in [7, 11) is 3.77. The molecule has 1 aliphatic heterocycles. The number of piperidine rings is 1. The maximum absolute atomic E-state index is 13.1. The molecule has 138 valence electrons. The standard InChI is InChI=1S/C21H26N2O3/c1-4-12-10-23(2)19-8-16-15-7-13(26-3)5-6-18(15)22-21(16)20(25)9-14(12)17(19)11-24/h4-7,14,17,19,22,24H,8-11H2,1-3H3/b12-4-/t14-,17?,19-/m0/s1. The molecule has 1 saturated heterocycles. The Morgan fingerprint density at radius 1 is 1.38 bits per heavy atom. The van der Waals surface area contributed by atoms with Gasteiger partial charge < -0.3 is 14.8 Å². The van der Waals surface area contributed by atoms with Crippen molar-refractivity contribution in [3.05, 3.63) is 41.1 Å². The minimum Gasteiger partial charge on any atom is -0.497 e. The highest BCUT2D eigenvalue weighted by Gasteiger charge is 2.42. The molecule has 4 rings (SSSR count). The number of likely N-dealkylation sites (N-methyl/N-ethyl adjacent to an activating group) is 1. The number of aromatic nitrogens is 1. The van der Waals surface area contributed by atoms with Gasteiger partial charge in [0.2, 0.25) is 0 Å². The number of carbonyl (C=O) groups excluding carboxylic acids is 1. The summed E-state index contributed by atoms with van der Waals surface area (Å²) in [5, 5.41) is 11.2.